The number of benzene rings is 1. The number of nitriles is 2. The molecule has 2 atom stereocenters. The predicted octanol–water partition coefficient (Wildman–Crippen LogP) is 3.37. The first-order valence-corrected chi connectivity index (χ1v) is 10.2. The molecule has 0 bridgehead atoms. The van der Waals surface area contributed by atoms with Gasteiger partial charge in [-0.25, -0.2) is 0 Å². The van der Waals surface area contributed by atoms with Crippen LogP contribution in [0.25, 0.3) is 0 Å². The lowest BCUT2D eigenvalue weighted by Crippen LogP contribution is -2.58. The summed E-state index contributed by atoms with van der Waals surface area (Å²) in [5.41, 5.74) is 0.568. The van der Waals surface area contributed by atoms with E-state index in [2.05, 4.69) is 11.1 Å². The van der Waals surface area contributed by atoms with Crippen LogP contribution in [0.4, 0.5) is 0 Å². The molecule has 1 fully saturated rings. The lowest BCUT2D eigenvalue weighted by Gasteiger charge is -2.49. The molecule has 0 aromatic heterocycles. The van der Waals surface area contributed by atoms with Crippen LogP contribution in [0.1, 0.15) is 50.8 Å². The first-order chi connectivity index (χ1) is 13.5. The van der Waals surface area contributed by atoms with Gasteiger partial charge in [0, 0.05) is 24.8 Å². The molecule has 7 nitrogen and oxygen atoms in total. The number of hydrogen-bond acceptors (Lipinski definition) is 7. The zero-order valence-electron chi connectivity index (χ0n) is 16.1. The van der Waals surface area contributed by atoms with Crippen molar-refractivity contribution in [1.82, 2.24) is 4.90 Å². The maximum Gasteiger partial charge on any atom is 0.303 e. The van der Waals surface area contributed by atoms with Gasteiger partial charge in [0.25, 0.3) is 0 Å². The average Bonchev–Trinajstić information content (AvgIpc) is 3.14. The van der Waals surface area contributed by atoms with Gasteiger partial charge in [0.05, 0.1) is 11.6 Å². The van der Waals surface area contributed by atoms with Gasteiger partial charge in [0.2, 0.25) is 6.19 Å². The van der Waals surface area contributed by atoms with Crippen LogP contribution in [0.3, 0.4) is 0 Å². The van der Waals surface area contributed by atoms with Crippen LogP contribution in [0.5, 0.6) is 5.75 Å². The Bertz CT molecular complexity index is 882. The molecule has 2 heterocycles. The van der Waals surface area contributed by atoms with Crippen molar-refractivity contribution in [2.75, 3.05) is 12.3 Å². The minimum Gasteiger partial charge on any atom is -0.483 e. The van der Waals surface area contributed by atoms with Gasteiger partial charge >= 0.3 is 5.97 Å². The summed E-state index contributed by atoms with van der Waals surface area (Å²) in [7, 11) is 0. The second kappa shape index (κ2) is 8.12. The van der Waals surface area contributed by atoms with Crippen LogP contribution in [0.2, 0.25) is 0 Å². The summed E-state index contributed by atoms with van der Waals surface area (Å²) >= 11 is 1.50. The maximum absolute atomic E-state index is 12.0. The van der Waals surface area contributed by atoms with Gasteiger partial charge in [0.15, 0.2) is 11.3 Å². The maximum atomic E-state index is 12.0. The number of esters is 1. The Balaban J connectivity index is 2.23. The van der Waals surface area contributed by atoms with Crippen molar-refractivity contribution in [3.8, 4) is 18.0 Å². The monoisotopic (exact) mass is 398 g/mol. The normalized spacial score (nSPS) is 24.0. The summed E-state index contributed by atoms with van der Waals surface area (Å²) in [5, 5.41) is 19.1. The van der Waals surface area contributed by atoms with E-state index in [1.165, 1.54) is 18.7 Å². The lowest BCUT2D eigenvalue weighted by atomic mass is 9.79. The zero-order valence-corrected chi connectivity index (χ0v) is 17.0. The highest BCUT2D eigenvalue weighted by Gasteiger charge is 2.53. The number of fused-ring (bicyclic) bond motifs is 1. The molecule has 2 aliphatic heterocycles. The fourth-order valence-electron chi connectivity index (χ4n) is 3.96. The smallest absolute Gasteiger partial charge is 0.303 e. The third kappa shape index (κ3) is 3.41. The topological polar surface area (TPSA) is 98.7 Å². The van der Waals surface area contributed by atoms with Crippen molar-refractivity contribution in [2.24, 2.45) is 4.99 Å². The van der Waals surface area contributed by atoms with Crippen molar-refractivity contribution in [3.05, 3.63) is 29.3 Å². The number of hydrogen-bond donors (Lipinski definition) is 0. The molecule has 0 N–H and O–H groups in total. The molecule has 146 valence electrons. The van der Waals surface area contributed by atoms with Crippen LogP contribution in [-0.4, -0.2) is 40.0 Å². The highest BCUT2D eigenvalue weighted by molar-refractivity contribution is 8.14. The minimum atomic E-state index is -0.706. The van der Waals surface area contributed by atoms with Crippen LogP contribution < -0.4 is 4.74 Å². The van der Waals surface area contributed by atoms with Crippen molar-refractivity contribution < 1.29 is 14.3 Å². The summed E-state index contributed by atoms with van der Waals surface area (Å²) in [6.07, 6.45) is 2.55. The van der Waals surface area contributed by atoms with Gasteiger partial charge in [-0.2, -0.15) is 10.5 Å². The van der Waals surface area contributed by atoms with Crippen LogP contribution in [-0.2, 0) is 9.53 Å². The molecule has 0 unspecified atom stereocenters. The highest BCUT2D eigenvalue weighted by atomic mass is 32.2. The predicted molar refractivity (Wildman–Crippen MR) is 106 cm³/mol. The molecule has 0 aliphatic carbocycles. The second-order valence-corrected chi connectivity index (χ2v) is 7.81. The van der Waals surface area contributed by atoms with E-state index in [0.717, 1.165) is 11.3 Å². The van der Waals surface area contributed by atoms with E-state index in [-0.39, 0.29) is 6.04 Å². The van der Waals surface area contributed by atoms with Crippen molar-refractivity contribution in [3.63, 3.8) is 0 Å². The Kier molecular flexibility index (Phi) is 5.81. The Morgan fingerprint density at radius 3 is 2.79 bits per heavy atom. The molecule has 0 saturated carbocycles. The summed E-state index contributed by atoms with van der Waals surface area (Å²) in [6.45, 7) is 6.06. The molecular formula is C20H22N4O3S. The van der Waals surface area contributed by atoms with E-state index >= 15 is 0 Å². The van der Waals surface area contributed by atoms with Crippen LogP contribution >= 0.6 is 11.8 Å². The molecule has 0 radical (unpaired) electrons. The van der Waals surface area contributed by atoms with Gasteiger partial charge in [-0.1, -0.05) is 25.6 Å². The van der Waals surface area contributed by atoms with Gasteiger partial charge < -0.3 is 14.4 Å². The third-order valence-corrected chi connectivity index (χ3v) is 6.33. The summed E-state index contributed by atoms with van der Waals surface area (Å²) < 4.78 is 12.2. The number of aliphatic imine (C=N–C) groups is 1. The molecule has 8 heteroatoms. The van der Waals surface area contributed by atoms with Crippen molar-refractivity contribution >= 4 is 22.9 Å². The molecule has 0 amide bonds. The number of amidine groups is 1. The first-order valence-electron chi connectivity index (χ1n) is 9.26. The fraction of sp³-hybridized carbons (Fsp3) is 0.500. The van der Waals surface area contributed by atoms with E-state index < -0.39 is 17.7 Å². The SMILES string of the molecule is CCC1(CC)Oc2ccc(C#N)cc2[C@@H](N2CCSC2=NC#N)[C@@H]1OC(C)=O. The number of carbonyl (C=O) groups is 1. The lowest BCUT2D eigenvalue weighted by molar-refractivity contribution is -0.172. The largest absolute Gasteiger partial charge is 0.483 e. The Labute approximate surface area is 168 Å². The molecule has 1 saturated heterocycles. The number of thioether (sulfide) groups is 1. The summed E-state index contributed by atoms with van der Waals surface area (Å²) in [4.78, 5) is 18.0. The van der Waals surface area contributed by atoms with E-state index in [1.807, 2.05) is 24.9 Å². The molecule has 3 rings (SSSR count). The quantitative estimate of drug-likeness (QED) is 0.566. The first kappa shape index (κ1) is 20.0. The second-order valence-electron chi connectivity index (χ2n) is 6.75. The summed E-state index contributed by atoms with van der Waals surface area (Å²) in [6, 6.07) is 7.07. The Morgan fingerprint density at radius 2 is 2.18 bits per heavy atom. The van der Waals surface area contributed by atoms with Crippen LogP contribution in [0, 0.1) is 22.8 Å². The molecular weight excluding hydrogens is 376 g/mol. The zero-order chi connectivity index (χ0) is 20.3. The van der Waals surface area contributed by atoms with Gasteiger partial charge in [-0.15, -0.1) is 4.99 Å². The van der Waals surface area contributed by atoms with E-state index in [9.17, 15) is 10.1 Å². The molecule has 0 spiro atoms. The number of rotatable bonds is 4. The van der Waals surface area contributed by atoms with Crippen LogP contribution in [0.15, 0.2) is 23.2 Å². The minimum absolute atomic E-state index is 0.386. The van der Waals surface area contributed by atoms with Crippen molar-refractivity contribution in [2.45, 2.75) is 51.4 Å². The highest BCUT2D eigenvalue weighted by Crippen LogP contribution is 2.48. The summed E-state index contributed by atoms with van der Waals surface area (Å²) in [5.74, 6) is 1.06. The molecule has 1 aromatic rings. The number of ether oxygens (including phenoxy) is 2. The van der Waals surface area contributed by atoms with E-state index in [4.69, 9.17) is 14.7 Å². The van der Waals surface area contributed by atoms with Gasteiger partial charge in [-0.3, -0.25) is 4.79 Å². The number of nitrogens with zero attached hydrogens (tertiary/aromatic N) is 4. The van der Waals surface area contributed by atoms with Gasteiger partial charge in [0.1, 0.15) is 17.4 Å². The average molecular weight is 398 g/mol. The van der Waals surface area contributed by atoms with E-state index in [0.29, 0.717) is 35.9 Å². The van der Waals surface area contributed by atoms with Gasteiger partial charge in [-0.05, 0) is 31.0 Å². The Morgan fingerprint density at radius 1 is 1.43 bits per heavy atom. The van der Waals surface area contributed by atoms with Crippen molar-refractivity contribution in [1.29, 1.82) is 10.5 Å². The van der Waals surface area contributed by atoms with E-state index in [1.54, 1.807) is 18.2 Å². The molecule has 28 heavy (non-hydrogen) atoms. The Hall–Kier alpha value is -2.71. The molecule has 2 aliphatic rings. The number of carbonyl (C=O) groups excluding carboxylic acids is 1. The fourth-order valence-corrected chi connectivity index (χ4v) is 4.91. The third-order valence-electron chi connectivity index (χ3n) is 5.36. The molecule has 1 aromatic carbocycles. The standard InChI is InChI=1S/C20H22N4O3S/c1-4-20(5-2)18(26-13(3)25)17(24-8-9-28-19(24)23-12-22)15-10-14(11-21)6-7-16(15)27-20/h6-7,10,17-18H,4-5,8-9H2,1-3H3/t17-,18+/m1/s1.